The van der Waals surface area contributed by atoms with Gasteiger partial charge in [0, 0.05) is 11.6 Å². The van der Waals surface area contributed by atoms with Crippen LogP contribution in [0.5, 0.6) is 0 Å². The minimum absolute atomic E-state index is 0.986. The predicted octanol–water partition coefficient (Wildman–Crippen LogP) is 3.59. The van der Waals surface area contributed by atoms with Crippen LogP contribution in [0.4, 0.5) is 0 Å². The molecule has 0 unspecified atom stereocenters. The smallest absolute Gasteiger partial charge is 0.143 e. The summed E-state index contributed by atoms with van der Waals surface area (Å²) in [6.07, 6.45) is 2.04. The maximum absolute atomic E-state index is 4.72. The van der Waals surface area contributed by atoms with Crippen LogP contribution in [0.2, 0.25) is 0 Å². The van der Waals surface area contributed by atoms with Gasteiger partial charge in [-0.1, -0.05) is 17.7 Å². The van der Waals surface area contributed by atoms with E-state index < -0.39 is 0 Å². The Bertz CT molecular complexity index is 896. The predicted molar refractivity (Wildman–Crippen MR) is 74.0 cm³/mol. The number of nitrogens with zero attached hydrogens (tertiary/aromatic N) is 2. The van der Waals surface area contributed by atoms with Crippen molar-refractivity contribution in [3.05, 3.63) is 47.7 Å². The maximum Gasteiger partial charge on any atom is 0.143 e. The number of fused-ring (bicyclic) bond motifs is 5. The molecule has 0 saturated carbocycles. The number of H-pyrrole nitrogens is 1. The van der Waals surface area contributed by atoms with Gasteiger partial charge in [0.25, 0.3) is 0 Å². The van der Waals surface area contributed by atoms with Crippen LogP contribution in [0.15, 0.2) is 36.5 Å². The Morgan fingerprint density at radius 2 is 2.06 bits per heavy atom. The van der Waals surface area contributed by atoms with E-state index in [0.29, 0.717) is 0 Å². The molecule has 0 aliphatic heterocycles. The van der Waals surface area contributed by atoms with E-state index in [2.05, 4.69) is 35.4 Å². The second-order valence-corrected chi connectivity index (χ2v) is 4.87. The lowest BCUT2D eigenvalue weighted by molar-refractivity contribution is 1.19. The quantitative estimate of drug-likeness (QED) is 0.496. The molecule has 3 nitrogen and oxygen atoms in total. The van der Waals surface area contributed by atoms with Gasteiger partial charge in [0.1, 0.15) is 16.8 Å². The largest absolute Gasteiger partial charge is 0.339 e. The van der Waals surface area contributed by atoms with Crippen molar-refractivity contribution >= 4 is 27.7 Å². The number of nitrogens with one attached hydrogen (secondary N) is 1. The fraction of sp³-hybridized carbons (Fsp3) is 0.133. The third kappa shape index (κ3) is 1.11. The summed E-state index contributed by atoms with van der Waals surface area (Å²) in [5.41, 5.74) is 6.86. The van der Waals surface area contributed by atoms with Crippen molar-refractivity contribution in [1.82, 2.24) is 14.4 Å². The Balaban J connectivity index is 2.31. The van der Waals surface area contributed by atoms with E-state index in [1.807, 2.05) is 24.4 Å². The van der Waals surface area contributed by atoms with Crippen LogP contribution >= 0.6 is 0 Å². The van der Waals surface area contributed by atoms with E-state index in [1.165, 1.54) is 22.0 Å². The van der Waals surface area contributed by atoms with Crippen LogP contribution in [-0.4, -0.2) is 14.4 Å². The van der Waals surface area contributed by atoms with Gasteiger partial charge in [-0.25, -0.2) is 4.98 Å². The third-order valence-corrected chi connectivity index (χ3v) is 3.51. The maximum atomic E-state index is 4.72. The summed E-state index contributed by atoms with van der Waals surface area (Å²) >= 11 is 0. The van der Waals surface area contributed by atoms with Gasteiger partial charge < -0.3 is 4.98 Å². The van der Waals surface area contributed by atoms with Crippen LogP contribution in [0, 0.1) is 13.8 Å². The van der Waals surface area contributed by atoms with Gasteiger partial charge in [-0.15, -0.1) is 0 Å². The molecule has 88 valence electrons. The minimum atomic E-state index is 0.986. The molecule has 0 bridgehead atoms. The molecule has 0 aliphatic carbocycles. The van der Waals surface area contributed by atoms with E-state index in [1.54, 1.807) is 0 Å². The molecule has 0 radical (unpaired) electrons. The van der Waals surface area contributed by atoms with Gasteiger partial charge in [0.05, 0.1) is 5.52 Å². The highest BCUT2D eigenvalue weighted by molar-refractivity contribution is 6.06. The van der Waals surface area contributed by atoms with Gasteiger partial charge in [-0.2, -0.15) is 0 Å². The second-order valence-electron chi connectivity index (χ2n) is 4.87. The summed E-state index contributed by atoms with van der Waals surface area (Å²) in [6, 6.07) is 10.5. The van der Waals surface area contributed by atoms with E-state index in [0.717, 1.165) is 16.8 Å². The molecular formula is C15H13N3. The van der Waals surface area contributed by atoms with Crippen molar-refractivity contribution in [2.75, 3.05) is 0 Å². The molecule has 3 aromatic heterocycles. The summed E-state index contributed by atoms with van der Waals surface area (Å²) in [6.45, 7) is 4.26. The summed E-state index contributed by atoms with van der Waals surface area (Å²) < 4.78 is 2.10. The third-order valence-electron chi connectivity index (χ3n) is 3.51. The van der Waals surface area contributed by atoms with Crippen molar-refractivity contribution < 1.29 is 0 Å². The molecule has 4 rings (SSSR count). The van der Waals surface area contributed by atoms with E-state index in [-0.39, 0.29) is 0 Å². The number of imidazole rings is 1. The van der Waals surface area contributed by atoms with Gasteiger partial charge in [-0.3, -0.25) is 4.40 Å². The molecular weight excluding hydrogens is 222 g/mol. The first kappa shape index (κ1) is 9.71. The first-order valence-corrected chi connectivity index (χ1v) is 6.10. The molecule has 0 spiro atoms. The Morgan fingerprint density at radius 1 is 1.17 bits per heavy atom. The number of hydrogen-bond acceptors (Lipinski definition) is 1. The van der Waals surface area contributed by atoms with Crippen molar-refractivity contribution in [3.8, 4) is 0 Å². The monoisotopic (exact) mass is 235 g/mol. The summed E-state index contributed by atoms with van der Waals surface area (Å²) in [7, 11) is 0. The van der Waals surface area contributed by atoms with E-state index >= 15 is 0 Å². The van der Waals surface area contributed by atoms with Crippen LogP contribution in [-0.2, 0) is 0 Å². The molecule has 18 heavy (non-hydrogen) atoms. The Labute approximate surface area is 104 Å². The fourth-order valence-corrected chi connectivity index (χ4v) is 2.74. The Morgan fingerprint density at radius 3 is 2.94 bits per heavy atom. The molecule has 0 aliphatic rings. The fourth-order valence-electron chi connectivity index (χ4n) is 2.74. The van der Waals surface area contributed by atoms with Crippen LogP contribution in [0.3, 0.4) is 0 Å². The Kier molecular flexibility index (Phi) is 1.69. The van der Waals surface area contributed by atoms with Crippen molar-refractivity contribution in [2.24, 2.45) is 0 Å². The molecule has 3 heterocycles. The topological polar surface area (TPSA) is 33.1 Å². The molecule has 1 aromatic carbocycles. The van der Waals surface area contributed by atoms with Crippen molar-refractivity contribution in [2.45, 2.75) is 13.8 Å². The summed E-state index contributed by atoms with van der Waals surface area (Å²) in [5.74, 6) is 0. The average Bonchev–Trinajstić information content (AvgIpc) is 2.86. The zero-order valence-electron chi connectivity index (χ0n) is 10.4. The van der Waals surface area contributed by atoms with E-state index in [9.17, 15) is 0 Å². The molecule has 0 saturated heterocycles. The van der Waals surface area contributed by atoms with Gasteiger partial charge in [-0.05, 0) is 37.6 Å². The number of pyridine rings is 1. The lowest BCUT2D eigenvalue weighted by Gasteiger charge is -1.98. The lowest BCUT2D eigenvalue weighted by Crippen LogP contribution is -1.84. The average molecular weight is 235 g/mol. The highest BCUT2D eigenvalue weighted by Gasteiger charge is 2.12. The zero-order chi connectivity index (χ0) is 12.3. The molecule has 0 amide bonds. The minimum Gasteiger partial charge on any atom is -0.339 e. The van der Waals surface area contributed by atoms with Gasteiger partial charge >= 0.3 is 0 Å². The first-order valence-electron chi connectivity index (χ1n) is 6.10. The van der Waals surface area contributed by atoms with E-state index in [4.69, 9.17) is 4.98 Å². The van der Waals surface area contributed by atoms with Gasteiger partial charge in [0.2, 0.25) is 0 Å². The molecule has 4 aromatic rings. The SMILES string of the molecule is Cc1cc(C)c2[nH]c3c(nc4ccccn43)c2c1. The second kappa shape index (κ2) is 3.13. The normalized spacial score (nSPS) is 11.9. The highest BCUT2D eigenvalue weighted by atomic mass is 15.1. The number of aromatic nitrogens is 3. The molecule has 0 atom stereocenters. The Hall–Kier alpha value is -2.29. The molecule has 1 N–H and O–H groups in total. The summed E-state index contributed by atoms with van der Waals surface area (Å²) in [5, 5.41) is 1.21. The summed E-state index contributed by atoms with van der Waals surface area (Å²) in [4.78, 5) is 8.21. The molecule has 0 fully saturated rings. The van der Waals surface area contributed by atoms with Crippen molar-refractivity contribution in [1.29, 1.82) is 0 Å². The molecule has 3 heteroatoms. The standard InChI is InChI=1S/C15H13N3/c1-9-7-10(2)13-11(8-9)14-15(17-13)18-6-4-3-5-12(18)16-14/h3-8,17H,1-2H3. The number of aromatic amines is 1. The number of aryl methyl sites for hydroxylation is 2. The van der Waals surface area contributed by atoms with Gasteiger partial charge in [0.15, 0.2) is 0 Å². The zero-order valence-corrected chi connectivity index (χ0v) is 10.4. The van der Waals surface area contributed by atoms with Crippen LogP contribution in [0.1, 0.15) is 11.1 Å². The van der Waals surface area contributed by atoms with Crippen LogP contribution in [0.25, 0.3) is 27.7 Å². The van der Waals surface area contributed by atoms with Crippen LogP contribution < -0.4 is 0 Å². The highest BCUT2D eigenvalue weighted by Crippen LogP contribution is 2.28. The number of hydrogen-bond donors (Lipinski definition) is 1. The lowest BCUT2D eigenvalue weighted by atomic mass is 10.1. The number of rotatable bonds is 0. The number of benzene rings is 1. The first-order chi connectivity index (χ1) is 8.74. The van der Waals surface area contributed by atoms with Crippen molar-refractivity contribution in [3.63, 3.8) is 0 Å².